The SMILES string of the molecule is O=C(O)c1ccccc1SCc1cc(-c2ccco2)on1. The molecule has 0 radical (unpaired) electrons. The molecule has 5 nitrogen and oxygen atoms in total. The fourth-order valence-electron chi connectivity index (χ4n) is 1.84. The van der Waals surface area contributed by atoms with Crippen molar-refractivity contribution in [2.24, 2.45) is 0 Å². The molecular weight excluding hydrogens is 290 g/mol. The second-order valence-corrected chi connectivity index (χ2v) is 5.27. The molecule has 0 aliphatic heterocycles. The van der Waals surface area contributed by atoms with Crippen LogP contribution in [0, 0.1) is 0 Å². The normalized spacial score (nSPS) is 10.7. The molecule has 0 saturated carbocycles. The van der Waals surface area contributed by atoms with Gasteiger partial charge in [0.25, 0.3) is 0 Å². The number of thioether (sulfide) groups is 1. The van der Waals surface area contributed by atoms with Gasteiger partial charge in [-0.15, -0.1) is 11.8 Å². The minimum Gasteiger partial charge on any atom is -0.478 e. The molecule has 0 spiro atoms. The Morgan fingerprint density at radius 1 is 1.19 bits per heavy atom. The van der Waals surface area contributed by atoms with Gasteiger partial charge in [0, 0.05) is 16.7 Å². The highest BCUT2D eigenvalue weighted by molar-refractivity contribution is 7.98. The third-order valence-corrected chi connectivity index (χ3v) is 3.92. The standard InChI is InChI=1S/C15H11NO4S/c17-15(18)11-4-1-2-6-14(11)21-9-10-8-13(20-16-10)12-5-3-7-19-12/h1-8H,9H2,(H,17,18). The van der Waals surface area contributed by atoms with Crippen LogP contribution in [0.4, 0.5) is 0 Å². The Kier molecular flexibility index (Phi) is 3.79. The third kappa shape index (κ3) is 3.00. The predicted molar refractivity (Wildman–Crippen MR) is 77.2 cm³/mol. The van der Waals surface area contributed by atoms with Gasteiger partial charge in [0.1, 0.15) is 0 Å². The van der Waals surface area contributed by atoms with Crippen molar-refractivity contribution < 1.29 is 18.8 Å². The van der Waals surface area contributed by atoms with Gasteiger partial charge in [0.05, 0.1) is 17.5 Å². The molecule has 0 unspecified atom stereocenters. The van der Waals surface area contributed by atoms with E-state index in [1.165, 1.54) is 11.8 Å². The van der Waals surface area contributed by atoms with E-state index < -0.39 is 5.97 Å². The first-order valence-electron chi connectivity index (χ1n) is 6.18. The summed E-state index contributed by atoms with van der Waals surface area (Å²) in [5, 5.41) is 13.1. The van der Waals surface area contributed by atoms with E-state index >= 15 is 0 Å². The number of aromatic nitrogens is 1. The highest BCUT2D eigenvalue weighted by Gasteiger charge is 2.12. The summed E-state index contributed by atoms with van der Waals surface area (Å²) >= 11 is 1.41. The van der Waals surface area contributed by atoms with Crippen molar-refractivity contribution in [3.8, 4) is 11.5 Å². The molecule has 1 N–H and O–H groups in total. The maximum absolute atomic E-state index is 11.1. The molecule has 6 heteroatoms. The van der Waals surface area contributed by atoms with Gasteiger partial charge >= 0.3 is 5.97 Å². The first-order chi connectivity index (χ1) is 10.2. The van der Waals surface area contributed by atoms with Gasteiger partial charge in [-0.2, -0.15) is 0 Å². The smallest absolute Gasteiger partial charge is 0.336 e. The van der Waals surface area contributed by atoms with Crippen molar-refractivity contribution in [2.45, 2.75) is 10.6 Å². The molecule has 106 valence electrons. The van der Waals surface area contributed by atoms with Gasteiger partial charge in [0.15, 0.2) is 5.76 Å². The summed E-state index contributed by atoms with van der Waals surface area (Å²) in [6, 6.07) is 12.2. The number of furan rings is 1. The largest absolute Gasteiger partial charge is 0.478 e. The van der Waals surface area contributed by atoms with Crippen molar-refractivity contribution in [1.29, 1.82) is 0 Å². The number of benzene rings is 1. The summed E-state index contributed by atoms with van der Waals surface area (Å²) in [4.78, 5) is 11.8. The lowest BCUT2D eigenvalue weighted by molar-refractivity contribution is 0.0693. The van der Waals surface area contributed by atoms with Gasteiger partial charge < -0.3 is 14.0 Å². The maximum atomic E-state index is 11.1. The van der Waals surface area contributed by atoms with Crippen LogP contribution in [-0.4, -0.2) is 16.2 Å². The van der Waals surface area contributed by atoms with E-state index in [2.05, 4.69) is 5.16 Å². The quantitative estimate of drug-likeness (QED) is 0.720. The van der Waals surface area contributed by atoms with Crippen molar-refractivity contribution in [2.75, 3.05) is 0 Å². The summed E-state index contributed by atoms with van der Waals surface area (Å²) in [6.45, 7) is 0. The lowest BCUT2D eigenvalue weighted by atomic mass is 10.2. The van der Waals surface area contributed by atoms with Crippen molar-refractivity contribution in [3.05, 3.63) is 60.0 Å². The Bertz CT molecular complexity index is 749. The summed E-state index contributed by atoms with van der Waals surface area (Å²) in [7, 11) is 0. The Morgan fingerprint density at radius 2 is 2.05 bits per heavy atom. The van der Waals surface area contributed by atoms with Gasteiger partial charge in [0.2, 0.25) is 5.76 Å². The first-order valence-corrected chi connectivity index (χ1v) is 7.17. The molecule has 1 aromatic carbocycles. The van der Waals surface area contributed by atoms with E-state index in [4.69, 9.17) is 14.0 Å². The monoisotopic (exact) mass is 301 g/mol. The number of hydrogen-bond acceptors (Lipinski definition) is 5. The maximum Gasteiger partial charge on any atom is 0.336 e. The molecule has 2 aromatic heterocycles. The van der Waals surface area contributed by atoms with Crippen LogP contribution in [0.1, 0.15) is 16.1 Å². The van der Waals surface area contributed by atoms with Crippen molar-refractivity contribution in [1.82, 2.24) is 5.16 Å². The molecule has 0 aliphatic carbocycles. The predicted octanol–water partition coefficient (Wildman–Crippen LogP) is 3.93. The molecule has 0 aliphatic rings. The summed E-state index contributed by atoms with van der Waals surface area (Å²) in [6.07, 6.45) is 1.56. The molecule has 3 aromatic rings. The van der Waals surface area contributed by atoms with Crippen LogP contribution < -0.4 is 0 Å². The van der Waals surface area contributed by atoms with E-state index in [1.54, 1.807) is 42.7 Å². The van der Waals surface area contributed by atoms with E-state index in [1.807, 2.05) is 6.07 Å². The number of aromatic carboxylic acids is 1. The number of hydrogen-bond donors (Lipinski definition) is 1. The van der Waals surface area contributed by atoms with Crippen LogP contribution in [0.5, 0.6) is 0 Å². The van der Waals surface area contributed by atoms with E-state index in [0.717, 1.165) is 5.69 Å². The Balaban J connectivity index is 1.73. The highest BCUT2D eigenvalue weighted by atomic mass is 32.2. The van der Waals surface area contributed by atoms with Gasteiger partial charge in [-0.3, -0.25) is 0 Å². The molecule has 3 rings (SSSR count). The van der Waals surface area contributed by atoms with E-state index in [0.29, 0.717) is 22.2 Å². The molecule has 0 saturated heterocycles. The van der Waals surface area contributed by atoms with Crippen LogP contribution in [0.15, 0.2) is 62.6 Å². The zero-order chi connectivity index (χ0) is 14.7. The number of nitrogens with zero attached hydrogens (tertiary/aromatic N) is 1. The summed E-state index contributed by atoms with van der Waals surface area (Å²) in [5.41, 5.74) is 1.02. The molecular formula is C15H11NO4S. The molecule has 0 atom stereocenters. The molecule has 0 fully saturated rings. The topological polar surface area (TPSA) is 76.5 Å². The number of rotatable bonds is 5. The van der Waals surface area contributed by atoms with Gasteiger partial charge in [-0.1, -0.05) is 17.3 Å². The van der Waals surface area contributed by atoms with Crippen LogP contribution >= 0.6 is 11.8 Å². The van der Waals surface area contributed by atoms with E-state index in [-0.39, 0.29) is 5.56 Å². The molecule has 0 amide bonds. The summed E-state index contributed by atoms with van der Waals surface area (Å²) in [5.74, 6) is 0.760. The number of carboxylic acids is 1. The lowest BCUT2D eigenvalue weighted by Crippen LogP contribution is -1.98. The van der Waals surface area contributed by atoms with Gasteiger partial charge in [-0.05, 0) is 24.3 Å². The minimum atomic E-state index is -0.936. The highest BCUT2D eigenvalue weighted by Crippen LogP contribution is 2.28. The zero-order valence-electron chi connectivity index (χ0n) is 10.9. The Hall–Kier alpha value is -2.47. The average molecular weight is 301 g/mol. The summed E-state index contributed by atoms with van der Waals surface area (Å²) < 4.78 is 10.4. The number of carboxylic acid groups (broad SMARTS) is 1. The Labute approximate surface area is 124 Å². The van der Waals surface area contributed by atoms with Crippen molar-refractivity contribution in [3.63, 3.8) is 0 Å². The van der Waals surface area contributed by atoms with E-state index in [9.17, 15) is 4.79 Å². The van der Waals surface area contributed by atoms with Crippen LogP contribution in [0.3, 0.4) is 0 Å². The molecule has 0 bridgehead atoms. The van der Waals surface area contributed by atoms with Crippen LogP contribution in [0.2, 0.25) is 0 Å². The second-order valence-electron chi connectivity index (χ2n) is 4.25. The third-order valence-electron chi connectivity index (χ3n) is 2.82. The van der Waals surface area contributed by atoms with Gasteiger partial charge in [-0.25, -0.2) is 4.79 Å². The molecule has 2 heterocycles. The lowest BCUT2D eigenvalue weighted by Gasteiger charge is -2.03. The van der Waals surface area contributed by atoms with Crippen LogP contribution in [-0.2, 0) is 5.75 Å². The molecule has 21 heavy (non-hydrogen) atoms. The zero-order valence-corrected chi connectivity index (χ0v) is 11.7. The fourth-order valence-corrected chi connectivity index (χ4v) is 2.76. The number of carbonyl (C=O) groups is 1. The average Bonchev–Trinajstić information content (AvgIpc) is 3.16. The second kappa shape index (κ2) is 5.88. The first kappa shape index (κ1) is 13.5. The minimum absolute atomic E-state index is 0.289. The van der Waals surface area contributed by atoms with Crippen molar-refractivity contribution >= 4 is 17.7 Å². The Morgan fingerprint density at radius 3 is 2.81 bits per heavy atom. The van der Waals surface area contributed by atoms with Crippen LogP contribution in [0.25, 0.3) is 11.5 Å². The fraction of sp³-hybridized carbons (Fsp3) is 0.0667.